The molecule has 0 bridgehead atoms. The first-order valence-electron chi connectivity index (χ1n) is 5.48. The molecule has 6 heteroatoms. The Kier molecular flexibility index (Phi) is 4.11. The van der Waals surface area contributed by atoms with Gasteiger partial charge >= 0.3 is 0 Å². The summed E-state index contributed by atoms with van der Waals surface area (Å²) in [7, 11) is 1.63. The van der Waals surface area contributed by atoms with E-state index in [0.29, 0.717) is 6.54 Å². The second kappa shape index (κ2) is 5.79. The number of ether oxygens (including phenoxy) is 1. The lowest BCUT2D eigenvalue weighted by atomic mass is 10.3. The monoisotopic (exact) mass is 266 g/mol. The van der Waals surface area contributed by atoms with Crippen molar-refractivity contribution in [1.82, 2.24) is 10.5 Å². The SMILES string of the molecule is CO[C@H](CNC(=O)c1ccno1)c1ccc(C)s1. The molecule has 1 amide bonds. The third-order valence-corrected chi connectivity index (χ3v) is 3.57. The molecule has 2 rings (SSSR count). The van der Waals surface area contributed by atoms with E-state index in [1.54, 1.807) is 18.4 Å². The number of hydrogen-bond acceptors (Lipinski definition) is 5. The van der Waals surface area contributed by atoms with E-state index in [1.807, 2.05) is 19.1 Å². The molecule has 2 heterocycles. The molecule has 0 radical (unpaired) electrons. The van der Waals surface area contributed by atoms with Gasteiger partial charge in [-0.15, -0.1) is 11.3 Å². The molecule has 18 heavy (non-hydrogen) atoms. The fourth-order valence-corrected chi connectivity index (χ4v) is 2.49. The Balaban J connectivity index is 1.94. The normalized spacial score (nSPS) is 12.3. The summed E-state index contributed by atoms with van der Waals surface area (Å²) in [6, 6.07) is 5.56. The Labute approximate surface area is 109 Å². The summed E-state index contributed by atoms with van der Waals surface area (Å²) in [5.74, 6) is -0.0879. The number of methoxy groups -OCH3 is 1. The first kappa shape index (κ1) is 12.8. The average molecular weight is 266 g/mol. The minimum absolute atomic E-state index is 0.143. The summed E-state index contributed by atoms with van der Waals surface area (Å²) in [5.41, 5.74) is 0. The van der Waals surface area contributed by atoms with Crippen LogP contribution in [-0.4, -0.2) is 24.7 Å². The van der Waals surface area contributed by atoms with Gasteiger partial charge in [-0.3, -0.25) is 4.79 Å². The fraction of sp³-hybridized carbons (Fsp3) is 0.333. The van der Waals surface area contributed by atoms with Crippen LogP contribution in [0.5, 0.6) is 0 Å². The molecule has 0 saturated carbocycles. The zero-order valence-electron chi connectivity index (χ0n) is 10.2. The third-order valence-electron chi connectivity index (χ3n) is 2.47. The predicted molar refractivity (Wildman–Crippen MR) is 67.6 cm³/mol. The lowest BCUT2D eigenvalue weighted by Crippen LogP contribution is -2.28. The van der Waals surface area contributed by atoms with Gasteiger partial charge in [0.25, 0.3) is 5.91 Å². The molecule has 2 aromatic heterocycles. The van der Waals surface area contributed by atoms with Gasteiger partial charge in [-0.1, -0.05) is 5.16 Å². The second-order valence-corrected chi connectivity index (χ2v) is 5.08. The molecule has 0 aliphatic rings. The first-order valence-corrected chi connectivity index (χ1v) is 6.30. The molecule has 0 spiro atoms. The van der Waals surface area contributed by atoms with Crippen LogP contribution >= 0.6 is 11.3 Å². The van der Waals surface area contributed by atoms with Crippen molar-refractivity contribution in [3.8, 4) is 0 Å². The zero-order chi connectivity index (χ0) is 13.0. The number of rotatable bonds is 5. The van der Waals surface area contributed by atoms with Crippen LogP contribution < -0.4 is 5.32 Å². The molecule has 0 unspecified atom stereocenters. The van der Waals surface area contributed by atoms with E-state index in [9.17, 15) is 4.79 Å². The molecule has 0 fully saturated rings. The van der Waals surface area contributed by atoms with E-state index in [4.69, 9.17) is 9.26 Å². The lowest BCUT2D eigenvalue weighted by molar-refractivity contribution is 0.0809. The van der Waals surface area contributed by atoms with Crippen molar-refractivity contribution >= 4 is 17.2 Å². The third kappa shape index (κ3) is 2.96. The van der Waals surface area contributed by atoms with Crippen LogP contribution in [0.4, 0.5) is 0 Å². The van der Waals surface area contributed by atoms with Crippen LogP contribution in [-0.2, 0) is 4.74 Å². The highest BCUT2D eigenvalue weighted by molar-refractivity contribution is 7.12. The average Bonchev–Trinajstić information content (AvgIpc) is 3.01. The van der Waals surface area contributed by atoms with Crippen LogP contribution in [0.1, 0.15) is 26.4 Å². The highest BCUT2D eigenvalue weighted by Crippen LogP contribution is 2.24. The van der Waals surface area contributed by atoms with E-state index in [2.05, 4.69) is 10.5 Å². The van der Waals surface area contributed by atoms with E-state index in [0.717, 1.165) is 4.88 Å². The summed E-state index contributed by atoms with van der Waals surface area (Å²) < 4.78 is 10.1. The number of thiophene rings is 1. The second-order valence-electron chi connectivity index (χ2n) is 3.76. The van der Waals surface area contributed by atoms with Crippen LogP contribution in [0.3, 0.4) is 0 Å². The van der Waals surface area contributed by atoms with Gasteiger partial charge in [0.05, 0.1) is 6.20 Å². The summed E-state index contributed by atoms with van der Waals surface area (Å²) in [5, 5.41) is 6.24. The van der Waals surface area contributed by atoms with Gasteiger partial charge in [-0.05, 0) is 19.1 Å². The summed E-state index contributed by atoms with van der Waals surface area (Å²) in [6.07, 6.45) is 1.29. The Bertz CT molecular complexity index is 507. The maximum Gasteiger partial charge on any atom is 0.289 e. The number of carbonyl (C=O) groups excluding carboxylic acids is 1. The van der Waals surface area contributed by atoms with Gasteiger partial charge in [0, 0.05) is 29.5 Å². The van der Waals surface area contributed by atoms with E-state index in [1.165, 1.54) is 17.1 Å². The van der Waals surface area contributed by atoms with Crippen LogP contribution in [0.15, 0.2) is 28.9 Å². The standard InChI is InChI=1S/C12H14N2O3S/c1-8-3-4-11(18-8)10(16-2)7-13-12(15)9-5-6-14-17-9/h3-6,10H,7H2,1-2H3,(H,13,15)/t10-/m1/s1. The Morgan fingerprint density at radius 1 is 1.56 bits per heavy atom. The van der Waals surface area contributed by atoms with Crippen molar-refractivity contribution in [2.24, 2.45) is 0 Å². The molecule has 2 aromatic rings. The van der Waals surface area contributed by atoms with Crippen molar-refractivity contribution in [1.29, 1.82) is 0 Å². The maximum atomic E-state index is 11.7. The predicted octanol–water partition coefficient (Wildman–Crippen LogP) is 2.16. The van der Waals surface area contributed by atoms with Gasteiger partial charge in [0.15, 0.2) is 0 Å². The number of aryl methyl sites for hydroxylation is 1. The highest BCUT2D eigenvalue weighted by atomic mass is 32.1. The van der Waals surface area contributed by atoms with Crippen molar-refractivity contribution < 1.29 is 14.1 Å². The maximum absolute atomic E-state index is 11.7. The molecule has 96 valence electrons. The first-order chi connectivity index (χ1) is 8.70. The number of carbonyl (C=O) groups is 1. The molecule has 0 aliphatic heterocycles. The molecule has 0 saturated heterocycles. The van der Waals surface area contributed by atoms with Crippen LogP contribution in [0.25, 0.3) is 0 Å². The number of amides is 1. The molecule has 1 atom stereocenters. The number of aromatic nitrogens is 1. The lowest BCUT2D eigenvalue weighted by Gasteiger charge is -2.13. The highest BCUT2D eigenvalue weighted by Gasteiger charge is 2.16. The van der Waals surface area contributed by atoms with Gasteiger partial charge < -0.3 is 14.6 Å². The summed E-state index contributed by atoms with van der Waals surface area (Å²) in [4.78, 5) is 14.0. The van der Waals surface area contributed by atoms with Crippen molar-refractivity contribution in [2.75, 3.05) is 13.7 Å². The van der Waals surface area contributed by atoms with E-state index < -0.39 is 0 Å². The minimum Gasteiger partial charge on any atom is -0.374 e. The Hall–Kier alpha value is -1.66. The van der Waals surface area contributed by atoms with Crippen molar-refractivity contribution in [3.05, 3.63) is 39.9 Å². The van der Waals surface area contributed by atoms with Crippen LogP contribution in [0.2, 0.25) is 0 Å². The topological polar surface area (TPSA) is 64.4 Å². The molecule has 1 N–H and O–H groups in total. The van der Waals surface area contributed by atoms with E-state index in [-0.39, 0.29) is 17.8 Å². The number of nitrogens with one attached hydrogen (secondary N) is 1. The van der Waals surface area contributed by atoms with Gasteiger partial charge in [-0.2, -0.15) is 0 Å². The van der Waals surface area contributed by atoms with Gasteiger partial charge in [-0.25, -0.2) is 0 Å². The summed E-state index contributed by atoms with van der Waals surface area (Å²) >= 11 is 1.66. The molecular formula is C12H14N2O3S. The molecular weight excluding hydrogens is 252 g/mol. The van der Waals surface area contributed by atoms with Crippen molar-refractivity contribution in [3.63, 3.8) is 0 Å². The van der Waals surface area contributed by atoms with E-state index >= 15 is 0 Å². The van der Waals surface area contributed by atoms with Crippen molar-refractivity contribution in [2.45, 2.75) is 13.0 Å². The molecule has 0 aliphatic carbocycles. The summed E-state index contributed by atoms with van der Waals surface area (Å²) in [6.45, 7) is 2.43. The number of hydrogen-bond donors (Lipinski definition) is 1. The largest absolute Gasteiger partial charge is 0.374 e. The fourth-order valence-electron chi connectivity index (χ4n) is 1.53. The zero-order valence-corrected chi connectivity index (χ0v) is 11.0. The molecule has 0 aromatic carbocycles. The quantitative estimate of drug-likeness (QED) is 0.900. The van der Waals surface area contributed by atoms with Gasteiger partial charge in [0.1, 0.15) is 6.10 Å². The Morgan fingerprint density at radius 2 is 2.39 bits per heavy atom. The number of nitrogens with zero attached hydrogens (tertiary/aromatic N) is 1. The van der Waals surface area contributed by atoms with Gasteiger partial charge in [0.2, 0.25) is 5.76 Å². The van der Waals surface area contributed by atoms with Crippen LogP contribution in [0, 0.1) is 6.92 Å². The smallest absolute Gasteiger partial charge is 0.289 e. The Morgan fingerprint density at radius 3 is 2.94 bits per heavy atom. The molecule has 5 nitrogen and oxygen atoms in total. The minimum atomic E-state index is -0.289.